The normalized spacial score (nSPS) is 35.3. The molecule has 1 fully saturated rings. The Morgan fingerprint density at radius 2 is 2.44 bits per heavy atom. The first kappa shape index (κ1) is 7.38. The fraction of sp³-hybridized carbons (Fsp3) is 1.00. The molecule has 1 aliphatic rings. The van der Waals surface area contributed by atoms with Gasteiger partial charge in [0, 0.05) is 19.0 Å². The molecule has 0 aliphatic carbocycles. The van der Waals surface area contributed by atoms with Gasteiger partial charge in [0.25, 0.3) is 0 Å². The van der Waals surface area contributed by atoms with Crippen molar-refractivity contribution in [3.8, 4) is 0 Å². The summed E-state index contributed by atoms with van der Waals surface area (Å²) in [7, 11) is 0. The first-order chi connectivity index (χ1) is 4.34. The van der Waals surface area contributed by atoms with Crippen LogP contribution in [0.4, 0.5) is 0 Å². The topological polar surface area (TPSA) is 32.3 Å². The van der Waals surface area contributed by atoms with E-state index >= 15 is 0 Å². The highest BCUT2D eigenvalue weighted by atomic mass is 32.2. The molecule has 9 heavy (non-hydrogen) atoms. The number of hydrogen-bond donors (Lipinski definition) is 2. The first-order valence-corrected chi connectivity index (χ1v) is 4.61. The van der Waals surface area contributed by atoms with Gasteiger partial charge in [0.1, 0.15) is 0 Å². The van der Waals surface area contributed by atoms with E-state index in [1.54, 1.807) is 11.8 Å². The third-order valence-electron chi connectivity index (χ3n) is 1.68. The molecule has 0 aromatic rings. The third kappa shape index (κ3) is 1.85. The zero-order valence-electron chi connectivity index (χ0n) is 5.63. The molecule has 0 aromatic carbocycles. The maximum atomic E-state index is 9.24. The van der Waals surface area contributed by atoms with E-state index in [2.05, 4.69) is 11.6 Å². The average molecular weight is 147 g/mol. The monoisotopic (exact) mass is 147 g/mol. The fourth-order valence-corrected chi connectivity index (χ4v) is 1.87. The smallest absolute Gasteiger partial charge is 0.0712 e. The van der Waals surface area contributed by atoms with Gasteiger partial charge in [0.05, 0.1) is 6.10 Å². The molecule has 0 saturated carbocycles. The van der Waals surface area contributed by atoms with Crippen LogP contribution in [0.25, 0.3) is 0 Å². The number of thioether (sulfide) groups is 1. The van der Waals surface area contributed by atoms with Gasteiger partial charge in [0.2, 0.25) is 0 Å². The summed E-state index contributed by atoms with van der Waals surface area (Å²) in [6.07, 6.45) is 1.97. The lowest BCUT2D eigenvalue weighted by atomic mass is 10.1. The van der Waals surface area contributed by atoms with E-state index in [4.69, 9.17) is 0 Å². The van der Waals surface area contributed by atoms with Crippen molar-refractivity contribution in [3.63, 3.8) is 0 Å². The quantitative estimate of drug-likeness (QED) is 0.573. The van der Waals surface area contributed by atoms with E-state index in [1.807, 2.05) is 0 Å². The third-order valence-corrected chi connectivity index (χ3v) is 2.45. The Hall–Kier alpha value is 0.270. The summed E-state index contributed by atoms with van der Waals surface area (Å²) in [6, 6.07) is 0. The summed E-state index contributed by atoms with van der Waals surface area (Å²) in [4.78, 5) is 0. The van der Waals surface area contributed by atoms with Gasteiger partial charge in [-0.1, -0.05) is 0 Å². The molecular weight excluding hydrogens is 134 g/mol. The van der Waals surface area contributed by atoms with Gasteiger partial charge in [-0.15, -0.1) is 0 Å². The second-order valence-electron chi connectivity index (χ2n) is 2.44. The van der Waals surface area contributed by atoms with Crippen LogP contribution in [0.5, 0.6) is 0 Å². The van der Waals surface area contributed by atoms with Crippen molar-refractivity contribution < 1.29 is 5.11 Å². The van der Waals surface area contributed by atoms with Crippen LogP contribution < -0.4 is 5.32 Å². The SMILES string of the molecule is CSC[C@H]1CNC[C@@H]1O. The van der Waals surface area contributed by atoms with Crippen LogP contribution in [0.3, 0.4) is 0 Å². The Morgan fingerprint density at radius 1 is 1.67 bits per heavy atom. The molecule has 0 radical (unpaired) electrons. The molecule has 1 heterocycles. The lowest BCUT2D eigenvalue weighted by Crippen LogP contribution is -2.19. The van der Waals surface area contributed by atoms with Gasteiger partial charge in [0.15, 0.2) is 0 Å². The van der Waals surface area contributed by atoms with Crippen LogP contribution >= 0.6 is 11.8 Å². The molecule has 0 unspecified atom stereocenters. The van der Waals surface area contributed by atoms with Crippen LogP contribution in [0, 0.1) is 5.92 Å². The molecule has 0 amide bonds. The predicted molar refractivity (Wildman–Crippen MR) is 40.7 cm³/mol. The van der Waals surface area contributed by atoms with Gasteiger partial charge in [-0.25, -0.2) is 0 Å². The van der Waals surface area contributed by atoms with Crippen LogP contribution in [0.1, 0.15) is 0 Å². The lowest BCUT2D eigenvalue weighted by molar-refractivity contribution is 0.158. The van der Waals surface area contributed by atoms with Gasteiger partial charge < -0.3 is 10.4 Å². The van der Waals surface area contributed by atoms with Crippen LogP contribution in [-0.2, 0) is 0 Å². The first-order valence-electron chi connectivity index (χ1n) is 3.22. The Kier molecular flexibility index (Phi) is 2.82. The molecule has 54 valence electrons. The second-order valence-corrected chi connectivity index (χ2v) is 3.35. The summed E-state index contributed by atoms with van der Waals surface area (Å²) in [5.74, 6) is 1.56. The Bertz CT molecular complexity index is 89.1. The van der Waals surface area contributed by atoms with Crippen LogP contribution in [-0.4, -0.2) is 36.3 Å². The van der Waals surface area contributed by atoms with Crippen molar-refractivity contribution in [2.24, 2.45) is 5.92 Å². The highest BCUT2D eigenvalue weighted by Crippen LogP contribution is 2.13. The van der Waals surface area contributed by atoms with Crippen molar-refractivity contribution in [1.29, 1.82) is 0 Å². The molecule has 2 nitrogen and oxygen atoms in total. The minimum Gasteiger partial charge on any atom is -0.391 e. The van der Waals surface area contributed by atoms with Crippen molar-refractivity contribution in [1.82, 2.24) is 5.32 Å². The molecule has 1 rings (SSSR count). The van der Waals surface area contributed by atoms with E-state index in [0.29, 0.717) is 5.92 Å². The number of nitrogens with one attached hydrogen (secondary N) is 1. The van der Waals surface area contributed by atoms with Crippen molar-refractivity contribution >= 4 is 11.8 Å². The molecule has 1 saturated heterocycles. The summed E-state index contributed by atoms with van der Waals surface area (Å²) < 4.78 is 0. The minimum absolute atomic E-state index is 0.0996. The number of β-amino-alcohol motifs (C(OH)–C–C–N with tert-alkyl or cyclic N) is 1. The van der Waals surface area contributed by atoms with E-state index in [0.717, 1.165) is 18.8 Å². The molecule has 2 atom stereocenters. The zero-order valence-corrected chi connectivity index (χ0v) is 6.45. The zero-order chi connectivity index (χ0) is 6.69. The van der Waals surface area contributed by atoms with Gasteiger partial charge in [-0.05, 0) is 12.0 Å². The highest BCUT2D eigenvalue weighted by Gasteiger charge is 2.23. The predicted octanol–water partition coefficient (Wildman–Crippen LogP) is -0.0703. The average Bonchev–Trinajstić information content (AvgIpc) is 2.18. The minimum atomic E-state index is -0.0996. The standard InChI is InChI=1S/C6H13NOS/c1-9-4-5-2-7-3-6(5)8/h5-8H,2-4H2,1H3/t5-,6+/m1/s1. The molecular formula is C6H13NOS. The molecule has 0 aromatic heterocycles. The summed E-state index contributed by atoms with van der Waals surface area (Å²) in [6.45, 7) is 1.77. The highest BCUT2D eigenvalue weighted by molar-refractivity contribution is 7.98. The van der Waals surface area contributed by atoms with E-state index in [-0.39, 0.29) is 6.10 Å². The number of rotatable bonds is 2. The molecule has 3 heteroatoms. The largest absolute Gasteiger partial charge is 0.391 e. The van der Waals surface area contributed by atoms with Crippen molar-refractivity contribution in [3.05, 3.63) is 0 Å². The van der Waals surface area contributed by atoms with E-state index in [1.165, 1.54) is 0 Å². The van der Waals surface area contributed by atoms with Crippen molar-refractivity contribution in [2.45, 2.75) is 6.10 Å². The van der Waals surface area contributed by atoms with E-state index < -0.39 is 0 Å². The van der Waals surface area contributed by atoms with Crippen LogP contribution in [0.2, 0.25) is 0 Å². The Morgan fingerprint density at radius 3 is 2.89 bits per heavy atom. The fourth-order valence-electron chi connectivity index (χ4n) is 1.10. The molecule has 0 bridgehead atoms. The number of aliphatic hydroxyl groups is 1. The maximum Gasteiger partial charge on any atom is 0.0712 e. The summed E-state index contributed by atoms with van der Waals surface area (Å²) in [5.41, 5.74) is 0. The van der Waals surface area contributed by atoms with Gasteiger partial charge in [-0.2, -0.15) is 11.8 Å². The van der Waals surface area contributed by atoms with E-state index in [9.17, 15) is 5.11 Å². The van der Waals surface area contributed by atoms with Crippen LogP contribution in [0.15, 0.2) is 0 Å². The summed E-state index contributed by atoms with van der Waals surface area (Å²) >= 11 is 1.80. The summed E-state index contributed by atoms with van der Waals surface area (Å²) in [5, 5.41) is 12.4. The second kappa shape index (κ2) is 3.44. The van der Waals surface area contributed by atoms with Gasteiger partial charge >= 0.3 is 0 Å². The van der Waals surface area contributed by atoms with Gasteiger partial charge in [-0.3, -0.25) is 0 Å². The number of hydrogen-bond acceptors (Lipinski definition) is 3. The number of aliphatic hydroxyl groups excluding tert-OH is 1. The maximum absolute atomic E-state index is 9.24. The molecule has 0 spiro atoms. The molecule has 2 N–H and O–H groups in total. The Labute approximate surface area is 60.0 Å². The Balaban J connectivity index is 2.22. The lowest BCUT2D eigenvalue weighted by Gasteiger charge is -2.09. The molecule has 1 aliphatic heterocycles. The van der Waals surface area contributed by atoms with Crippen molar-refractivity contribution in [2.75, 3.05) is 25.1 Å².